The summed E-state index contributed by atoms with van der Waals surface area (Å²) in [4.78, 5) is 14.5. The second kappa shape index (κ2) is 7.96. The molecule has 2 aliphatic rings. The number of ether oxygens (including phenoxy) is 3. The van der Waals surface area contributed by atoms with Crippen LogP contribution in [-0.2, 0) is 20.8 Å². The summed E-state index contributed by atoms with van der Waals surface area (Å²) in [6.07, 6.45) is -0.735. The summed E-state index contributed by atoms with van der Waals surface area (Å²) in [5, 5.41) is 9.87. The molecule has 0 amide bonds. The molecular formula is C23H24N2O4. The highest BCUT2D eigenvalue weighted by Crippen LogP contribution is 2.41. The number of rotatable bonds is 5. The molecular weight excluding hydrogens is 368 g/mol. The van der Waals surface area contributed by atoms with E-state index in [-0.39, 0.29) is 30.8 Å². The smallest absolute Gasteiger partial charge is 0.338 e. The van der Waals surface area contributed by atoms with Crippen LogP contribution in [0.5, 0.6) is 0 Å². The molecule has 29 heavy (non-hydrogen) atoms. The molecule has 2 aromatic rings. The Balaban J connectivity index is 1.56. The van der Waals surface area contributed by atoms with E-state index in [1.165, 1.54) is 0 Å². The first-order valence-corrected chi connectivity index (χ1v) is 9.75. The third-order valence-corrected chi connectivity index (χ3v) is 5.37. The van der Waals surface area contributed by atoms with Gasteiger partial charge in [0, 0.05) is 6.54 Å². The van der Waals surface area contributed by atoms with Gasteiger partial charge in [0.2, 0.25) is 0 Å². The number of carbonyl (C=O) groups excluding carboxylic acids is 1. The van der Waals surface area contributed by atoms with Crippen LogP contribution in [0.3, 0.4) is 0 Å². The van der Waals surface area contributed by atoms with Crippen molar-refractivity contribution in [3.63, 3.8) is 0 Å². The fraction of sp³-hybridized carbons (Fsp3) is 0.391. The Kier molecular flexibility index (Phi) is 5.37. The number of hydrogen-bond donors (Lipinski definition) is 0. The van der Waals surface area contributed by atoms with Crippen molar-refractivity contribution in [3.8, 4) is 6.07 Å². The minimum Gasteiger partial charge on any atom is -0.460 e. The van der Waals surface area contributed by atoms with Crippen LogP contribution in [0.15, 0.2) is 60.7 Å². The molecule has 2 heterocycles. The average molecular weight is 392 g/mol. The molecule has 2 aromatic carbocycles. The van der Waals surface area contributed by atoms with E-state index in [4.69, 9.17) is 14.2 Å². The molecule has 0 unspecified atom stereocenters. The fourth-order valence-corrected chi connectivity index (χ4v) is 4.11. The summed E-state index contributed by atoms with van der Waals surface area (Å²) in [5.74, 6) is -1.16. The number of esters is 1. The minimum atomic E-state index is -0.773. The Morgan fingerprint density at radius 3 is 2.34 bits per heavy atom. The lowest BCUT2D eigenvalue weighted by Crippen LogP contribution is -2.44. The molecule has 0 radical (unpaired) electrons. The normalized spacial score (nSPS) is 27.9. The molecule has 4 atom stereocenters. The van der Waals surface area contributed by atoms with E-state index < -0.39 is 11.8 Å². The minimum absolute atomic E-state index is 0.124. The van der Waals surface area contributed by atoms with Crippen LogP contribution < -0.4 is 0 Å². The second-order valence-electron chi connectivity index (χ2n) is 7.83. The number of likely N-dealkylation sites (tertiary alicyclic amines) is 1. The van der Waals surface area contributed by atoms with Gasteiger partial charge in [-0.05, 0) is 31.5 Å². The van der Waals surface area contributed by atoms with E-state index >= 15 is 0 Å². The van der Waals surface area contributed by atoms with E-state index in [1.54, 1.807) is 24.3 Å². The molecule has 0 N–H and O–H groups in total. The number of benzene rings is 2. The monoisotopic (exact) mass is 392 g/mol. The lowest BCUT2D eigenvalue weighted by atomic mass is 10.1. The van der Waals surface area contributed by atoms with E-state index in [0.717, 1.165) is 5.56 Å². The molecule has 0 aliphatic carbocycles. The van der Waals surface area contributed by atoms with E-state index in [9.17, 15) is 10.1 Å². The second-order valence-corrected chi connectivity index (χ2v) is 7.83. The highest BCUT2D eigenvalue weighted by molar-refractivity contribution is 5.89. The number of carbonyl (C=O) groups is 1. The molecule has 2 aliphatic heterocycles. The van der Waals surface area contributed by atoms with E-state index in [2.05, 4.69) is 6.07 Å². The van der Waals surface area contributed by atoms with Crippen LogP contribution in [0.25, 0.3) is 0 Å². The summed E-state index contributed by atoms with van der Waals surface area (Å²) in [6.45, 7) is 4.36. The molecule has 0 bridgehead atoms. The van der Waals surface area contributed by atoms with Gasteiger partial charge in [-0.3, -0.25) is 4.90 Å². The summed E-state index contributed by atoms with van der Waals surface area (Å²) >= 11 is 0. The third-order valence-electron chi connectivity index (χ3n) is 5.37. The molecule has 4 rings (SSSR count). The zero-order chi connectivity index (χ0) is 20.4. The zero-order valence-corrected chi connectivity index (χ0v) is 16.5. The van der Waals surface area contributed by atoms with Gasteiger partial charge in [-0.2, -0.15) is 5.26 Å². The molecule has 0 spiro atoms. The van der Waals surface area contributed by atoms with Crippen molar-refractivity contribution in [2.75, 3.05) is 6.61 Å². The van der Waals surface area contributed by atoms with Crippen LogP contribution in [0.2, 0.25) is 0 Å². The standard InChI is InChI=1S/C23H24N2O4/c1-23(2)28-20-18(13-24)25(14-16-9-5-3-6-10-16)19(21(20)29-23)15-27-22(26)17-11-7-4-8-12-17/h3-12,18-21H,14-15H2,1-2H3/t18-,19+,20+,21-/m1/s1. The van der Waals surface area contributed by atoms with Gasteiger partial charge in [0.15, 0.2) is 5.79 Å². The van der Waals surface area contributed by atoms with Crippen molar-refractivity contribution in [1.82, 2.24) is 4.90 Å². The summed E-state index contributed by atoms with van der Waals surface area (Å²) in [5.41, 5.74) is 1.57. The number of hydrogen-bond acceptors (Lipinski definition) is 6. The topological polar surface area (TPSA) is 71.8 Å². The maximum Gasteiger partial charge on any atom is 0.338 e. The predicted molar refractivity (Wildman–Crippen MR) is 106 cm³/mol. The van der Waals surface area contributed by atoms with Gasteiger partial charge in [0.1, 0.15) is 24.9 Å². The Labute approximate surface area is 170 Å². The lowest BCUT2D eigenvalue weighted by molar-refractivity contribution is -0.167. The van der Waals surface area contributed by atoms with E-state index in [0.29, 0.717) is 12.1 Å². The maximum atomic E-state index is 12.5. The Morgan fingerprint density at radius 2 is 1.69 bits per heavy atom. The van der Waals surface area contributed by atoms with Crippen LogP contribution >= 0.6 is 0 Å². The van der Waals surface area contributed by atoms with Gasteiger partial charge in [-0.15, -0.1) is 0 Å². The number of fused-ring (bicyclic) bond motifs is 1. The molecule has 0 saturated carbocycles. The predicted octanol–water partition coefficient (Wildman–Crippen LogP) is 3.14. The first-order valence-electron chi connectivity index (χ1n) is 9.75. The SMILES string of the molecule is CC1(C)O[C@@H]2[C@H](O1)[C@H](COC(=O)c1ccccc1)N(Cc1ccccc1)[C@@H]2C#N. The first-order chi connectivity index (χ1) is 14.0. The quantitative estimate of drug-likeness (QED) is 0.728. The molecule has 6 nitrogen and oxygen atoms in total. The average Bonchev–Trinajstić information content (AvgIpc) is 3.17. The summed E-state index contributed by atoms with van der Waals surface area (Å²) in [6, 6.07) is 20.4. The van der Waals surface area contributed by atoms with Crippen molar-refractivity contribution in [2.45, 2.75) is 50.5 Å². The summed E-state index contributed by atoms with van der Waals surface area (Å²) in [7, 11) is 0. The molecule has 150 valence electrons. The summed E-state index contributed by atoms with van der Waals surface area (Å²) < 4.78 is 17.8. The van der Waals surface area contributed by atoms with E-state index in [1.807, 2.05) is 55.1 Å². The van der Waals surface area contributed by atoms with Gasteiger partial charge in [-0.1, -0.05) is 48.5 Å². The van der Waals surface area contributed by atoms with Gasteiger partial charge in [-0.25, -0.2) is 4.79 Å². The highest BCUT2D eigenvalue weighted by atomic mass is 16.8. The molecule has 6 heteroatoms. The van der Waals surface area contributed by atoms with Crippen LogP contribution in [-0.4, -0.2) is 47.6 Å². The van der Waals surface area contributed by atoms with Crippen molar-refractivity contribution in [2.24, 2.45) is 0 Å². The van der Waals surface area contributed by atoms with Crippen molar-refractivity contribution < 1.29 is 19.0 Å². The maximum absolute atomic E-state index is 12.5. The van der Waals surface area contributed by atoms with Gasteiger partial charge in [0.05, 0.1) is 17.7 Å². The third kappa shape index (κ3) is 4.03. The largest absolute Gasteiger partial charge is 0.460 e. The van der Waals surface area contributed by atoms with Crippen LogP contribution in [0, 0.1) is 11.3 Å². The van der Waals surface area contributed by atoms with Crippen LogP contribution in [0.1, 0.15) is 29.8 Å². The highest BCUT2D eigenvalue weighted by Gasteiger charge is 2.58. The van der Waals surface area contributed by atoms with Crippen LogP contribution in [0.4, 0.5) is 0 Å². The number of nitrogens with zero attached hydrogens (tertiary/aromatic N) is 2. The Hall–Kier alpha value is -2.72. The molecule has 2 saturated heterocycles. The number of nitriles is 1. The fourth-order valence-electron chi connectivity index (χ4n) is 4.11. The Morgan fingerprint density at radius 1 is 1.07 bits per heavy atom. The lowest BCUT2D eigenvalue weighted by Gasteiger charge is -2.31. The molecule has 2 fully saturated rings. The van der Waals surface area contributed by atoms with Gasteiger partial charge in [0.25, 0.3) is 0 Å². The zero-order valence-electron chi connectivity index (χ0n) is 16.5. The van der Waals surface area contributed by atoms with Crippen molar-refractivity contribution in [1.29, 1.82) is 5.26 Å². The first kappa shape index (κ1) is 19.6. The Bertz CT molecular complexity index is 894. The van der Waals surface area contributed by atoms with Gasteiger partial charge < -0.3 is 14.2 Å². The van der Waals surface area contributed by atoms with Crippen molar-refractivity contribution >= 4 is 5.97 Å². The molecule has 0 aromatic heterocycles. The van der Waals surface area contributed by atoms with Gasteiger partial charge >= 0.3 is 5.97 Å². The van der Waals surface area contributed by atoms with Crippen molar-refractivity contribution in [3.05, 3.63) is 71.8 Å².